The summed E-state index contributed by atoms with van der Waals surface area (Å²) in [5, 5.41) is 9.21. The third-order valence-corrected chi connectivity index (χ3v) is 5.97. The fourth-order valence-corrected chi connectivity index (χ4v) is 4.51. The highest BCUT2D eigenvalue weighted by Crippen LogP contribution is 2.31. The zero-order chi connectivity index (χ0) is 16.6. The van der Waals surface area contributed by atoms with Crippen molar-refractivity contribution in [1.29, 1.82) is 0 Å². The maximum Gasteiger partial charge on any atom is 0.335 e. The van der Waals surface area contributed by atoms with Crippen LogP contribution in [0.3, 0.4) is 0 Å². The van der Waals surface area contributed by atoms with Gasteiger partial charge in [-0.2, -0.15) is 0 Å². The van der Waals surface area contributed by atoms with Crippen LogP contribution >= 0.6 is 22.6 Å². The molecule has 5 nitrogen and oxygen atoms in total. The summed E-state index contributed by atoms with van der Waals surface area (Å²) in [5.41, 5.74) is 2.01. The number of hydrogen-bond donors (Lipinski definition) is 2. The average Bonchev–Trinajstić information content (AvgIpc) is 2.96. The Labute approximate surface area is 147 Å². The average molecular weight is 443 g/mol. The van der Waals surface area contributed by atoms with Gasteiger partial charge in [0.2, 0.25) is 0 Å². The van der Waals surface area contributed by atoms with Gasteiger partial charge in [-0.15, -0.1) is 0 Å². The number of carboxylic acid groups (broad SMARTS) is 1. The molecule has 2 aromatic rings. The maximum absolute atomic E-state index is 12.7. The van der Waals surface area contributed by atoms with Gasteiger partial charge in [0, 0.05) is 9.26 Å². The van der Waals surface area contributed by atoms with Crippen LogP contribution in [0, 0.1) is 3.57 Å². The summed E-state index contributed by atoms with van der Waals surface area (Å²) in [6, 6.07) is 9.80. The molecular weight excluding hydrogens is 429 g/mol. The number of sulfonamides is 1. The Morgan fingerprint density at radius 2 is 1.83 bits per heavy atom. The first kappa shape index (κ1) is 16.3. The molecule has 0 saturated carbocycles. The van der Waals surface area contributed by atoms with Gasteiger partial charge in [-0.3, -0.25) is 4.72 Å². The Balaban J connectivity index is 2.05. The van der Waals surface area contributed by atoms with Gasteiger partial charge >= 0.3 is 5.97 Å². The van der Waals surface area contributed by atoms with E-state index in [0.717, 1.165) is 21.1 Å². The SMILES string of the molecule is O=C(O)c1cc2c(c(S(=O)(=O)Nc3ccc(I)cc3)c1)CCC2. The first-order valence-corrected chi connectivity index (χ1v) is 9.60. The highest BCUT2D eigenvalue weighted by atomic mass is 127. The molecule has 1 aliphatic carbocycles. The molecule has 2 N–H and O–H groups in total. The van der Waals surface area contributed by atoms with Gasteiger partial charge in [0.25, 0.3) is 10.0 Å². The van der Waals surface area contributed by atoms with Crippen LogP contribution in [0.5, 0.6) is 0 Å². The van der Waals surface area contributed by atoms with Crippen molar-refractivity contribution >= 4 is 44.3 Å². The van der Waals surface area contributed by atoms with Crippen molar-refractivity contribution in [1.82, 2.24) is 0 Å². The van der Waals surface area contributed by atoms with Gasteiger partial charge in [-0.05, 0) is 89.4 Å². The van der Waals surface area contributed by atoms with E-state index in [1.165, 1.54) is 6.07 Å². The number of nitrogens with one attached hydrogen (secondary N) is 1. The van der Waals surface area contributed by atoms with E-state index >= 15 is 0 Å². The monoisotopic (exact) mass is 443 g/mol. The Kier molecular flexibility index (Phi) is 4.33. The molecule has 0 radical (unpaired) electrons. The first-order valence-electron chi connectivity index (χ1n) is 7.04. The molecule has 0 saturated heterocycles. The van der Waals surface area contributed by atoms with Gasteiger partial charge < -0.3 is 5.11 Å². The van der Waals surface area contributed by atoms with E-state index in [2.05, 4.69) is 27.3 Å². The lowest BCUT2D eigenvalue weighted by molar-refractivity contribution is 0.0696. The second kappa shape index (κ2) is 6.12. The number of fused-ring (bicyclic) bond motifs is 1. The van der Waals surface area contributed by atoms with E-state index in [1.807, 2.05) is 0 Å². The van der Waals surface area contributed by atoms with Gasteiger partial charge in [0.05, 0.1) is 10.5 Å². The predicted molar refractivity (Wildman–Crippen MR) is 95.4 cm³/mol. The Hall–Kier alpha value is -1.61. The van der Waals surface area contributed by atoms with Crippen LogP contribution in [0.25, 0.3) is 0 Å². The third kappa shape index (κ3) is 3.35. The molecule has 2 aromatic carbocycles. The molecule has 3 rings (SSSR count). The molecule has 7 heteroatoms. The topological polar surface area (TPSA) is 83.5 Å². The van der Waals surface area contributed by atoms with Crippen molar-refractivity contribution in [2.45, 2.75) is 24.2 Å². The summed E-state index contributed by atoms with van der Waals surface area (Å²) >= 11 is 2.14. The lowest BCUT2D eigenvalue weighted by Gasteiger charge is -2.13. The van der Waals surface area contributed by atoms with Crippen molar-refractivity contribution < 1.29 is 18.3 Å². The molecular formula is C16H14INO4S. The second-order valence-corrected chi connectivity index (χ2v) is 8.28. The lowest BCUT2D eigenvalue weighted by Crippen LogP contribution is -2.16. The number of halogens is 1. The summed E-state index contributed by atoms with van der Waals surface area (Å²) in [5.74, 6) is -1.12. The molecule has 120 valence electrons. The zero-order valence-corrected chi connectivity index (χ0v) is 15.0. The Morgan fingerprint density at radius 1 is 1.13 bits per heavy atom. The first-order chi connectivity index (χ1) is 10.9. The van der Waals surface area contributed by atoms with Gasteiger partial charge in [0.1, 0.15) is 0 Å². The molecule has 0 aromatic heterocycles. The number of aryl methyl sites for hydroxylation is 1. The van der Waals surface area contributed by atoms with Crippen LogP contribution in [0.4, 0.5) is 5.69 Å². The van der Waals surface area contributed by atoms with Crippen LogP contribution in [-0.4, -0.2) is 19.5 Å². The molecule has 1 aliphatic rings. The van der Waals surface area contributed by atoms with Crippen LogP contribution in [0.15, 0.2) is 41.3 Å². The number of anilines is 1. The minimum Gasteiger partial charge on any atom is -0.478 e. The number of aromatic carboxylic acids is 1. The molecule has 0 spiro atoms. The van der Waals surface area contributed by atoms with E-state index in [1.54, 1.807) is 30.3 Å². The van der Waals surface area contributed by atoms with Crippen molar-refractivity contribution in [3.63, 3.8) is 0 Å². The second-order valence-electron chi connectivity index (χ2n) is 5.38. The molecule has 0 aliphatic heterocycles. The van der Waals surface area contributed by atoms with E-state index in [4.69, 9.17) is 0 Å². The highest BCUT2D eigenvalue weighted by molar-refractivity contribution is 14.1. The van der Waals surface area contributed by atoms with Gasteiger partial charge in [-0.25, -0.2) is 13.2 Å². The van der Waals surface area contributed by atoms with E-state index in [0.29, 0.717) is 18.5 Å². The zero-order valence-electron chi connectivity index (χ0n) is 12.0. The van der Waals surface area contributed by atoms with Gasteiger partial charge in [0.15, 0.2) is 0 Å². The number of carboxylic acids is 1. The van der Waals surface area contributed by atoms with Crippen molar-refractivity contribution in [3.8, 4) is 0 Å². The minimum absolute atomic E-state index is 0.00800. The van der Waals surface area contributed by atoms with Crippen molar-refractivity contribution in [3.05, 3.63) is 56.7 Å². The molecule has 0 amide bonds. The smallest absolute Gasteiger partial charge is 0.335 e. The molecule has 0 bridgehead atoms. The highest BCUT2D eigenvalue weighted by Gasteiger charge is 2.26. The molecule has 23 heavy (non-hydrogen) atoms. The summed E-state index contributed by atoms with van der Waals surface area (Å²) in [6.07, 6.45) is 2.20. The number of rotatable bonds is 4. The summed E-state index contributed by atoms with van der Waals surface area (Å²) in [6.45, 7) is 0. The normalized spacial score (nSPS) is 13.6. The van der Waals surface area contributed by atoms with E-state index in [-0.39, 0.29) is 10.5 Å². The minimum atomic E-state index is -3.82. The van der Waals surface area contributed by atoms with Crippen molar-refractivity contribution in [2.75, 3.05) is 4.72 Å². The molecule has 0 fully saturated rings. The fraction of sp³-hybridized carbons (Fsp3) is 0.188. The van der Waals surface area contributed by atoms with Crippen LogP contribution in [0.1, 0.15) is 27.9 Å². The molecule has 0 heterocycles. The third-order valence-electron chi connectivity index (χ3n) is 3.81. The lowest BCUT2D eigenvalue weighted by atomic mass is 10.1. The number of hydrogen-bond acceptors (Lipinski definition) is 3. The maximum atomic E-state index is 12.7. The van der Waals surface area contributed by atoms with Crippen LogP contribution in [-0.2, 0) is 22.9 Å². The van der Waals surface area contributed by atoms with Crippen molar-refractivity contribution in [2.24, 2.45) is 0 Å². The summed E-state index contributed by atoms with van der Waals surface area (Å²) < 4.78 is 29.0. The largest absolute Gasteiger partial charge is 0.478 e. The molecule has 0 unspecified atom stereocenters. The Bertz CT molecular complexity index is 876. The quantitative estimate of drug-likeness (QED) is 0.711. The number of carbonyl (C=O) groups is 1. The summed E-state index contributed by atoms with van der Waals surface area (Å²) in [4.78, 5) is 11.3. The van der Waals surface area contributed by atoms with Crippen LogP contribution in [0.2, 0.25) is 0 Å². The number of benzene rings is 2. The molecule has 0 atom stereocenters. The fourth-order valence-electron chi connectivity index (χ4n) is 2.76. The predicted octanol–water partition coefficient (Wildman–Crippen LogP) is 3.28. The van der Waals surface area contributed by atoms with E-state index in [9.17, 15) is 18.3 Å². The Morgan fingerprint density at radius 3 is 2.48 bits per heavy atom. The standard InChI is InChI=1S/C16H14INO4S/c17-12-4-6-13(7-5-12)18-23(21,22)15-9-11(16(19)20)8-10-2-1-3-14(10)15/h4-9,18H,1-3H2,(H,19,20). The van der Waals surface area contributed by atoms with E-state index < -0.39 is 16.0 Å². The summed E-state index contributed by atoms with van der Waals surface area (Å²) in [7, 11) is -3.82. The van der Waals surface area contributed by atoms with Gasteiger partial charge in [-0.1, -0.05) is 0 Å². The van der Waals surface area contributed by atoms with Crippen LogP contribution < -0.4 is 4.72 Å².